The van der Waals surface area contributed by atoms with Gasteiger partial charge in [-0.3, -0.25) is 9.59 Å². The minimum Gasteiger partial charge on any atom is -0.326 e. The monoisotopic (exact) mass is 388 g/mol. The van der Waals surface area contributed by atoms with E-state index in [0.29, 0.717) is 6.54 Å². The summed E-state index contributed by atoms with van der Waals surface area (Å²) in [7, 11) is 0. The molecule has 0 spiro atoms. The van der Waals surface area contributed by atoms with Crippen molar-refractivity contribution in [2.75, 3.05) is 16.8 Å². The third kappa shape index (κ3) is 4.93. The molecule has 2 aromatic carbocycles. The molecule has 0 saturated heterocycles. The van der Waals surface area contributed by atoms with E-state index in [1.807, 2.05) is 56.3 Å². The Morgan fingerprint density at radius 2 is 1.71 bits per heavy atom. The summed E-state index contributed by atoms with van der Waals surface area (Å²) in [6, 6.07) is 13.3. The predicted molar refractivity (Wildman–Crippen MR) is 101 cm³/mol. The molecule has 0 aliphatic carbocycles. The summed E-state index contributed by atoms with van der Waals surface area (Å²) in [5, 5.41) is 2.88. The fraction of sp³-hybridized carbons (Fsp3) is 0.263. The maximum atomic E-state index is 12.2. The third-order valence-corrected chi connectivity index (χ3v) is 4.40. The molecule has 0 aliphatic rings. The van der Waals surface area contributed by atoms with Crippen molar-refractivity contribution in [1.82, 2.24) is 0 Å². The lowest BCUT2D eigenvalue weighted by Crippen LogP contribution is -2.31. The third-order valence-electron chi connectivity index (χ3n) is 3.87. The maximum absolute atomic E-state index is 12.2. The van der Waals surface area contributed by atoms with E-state index in [1.165, 1.54) is 12.5 Å². The van der Waals surface area contributed by atoms with E-state index >= 15 is 0 Å². The maximum Gasteiger partial charge on any atom is 0.226 e. The normalized spacial score (nSPS) is 10.3. The van der Waals surface area contributed by atoms with Crippen LogP contribution in [0, 0.1) is 13.8 Å². The molecule has 126 valence electrons. The van der Waals surface area contributed by atoms with Crippen LogP contribution in [0.2, 0.25) is 0 Å². The molecule has 2 rings (SSSR count). The van der Waals surface area contributed by atoms with Crippen molar-refractivity contribution in [3.8, 4) is 0 Å². The Hall–Kier alpha value is -2.14. The van der Waals surface area contributed by atoms with Crippen LogP contribution < -0.4 is 10.2 Å². The average molecular weight is 389 g/mol. The highest BCUT2D eigenvalue weighted by Gasteiger charge is 2.13. The topological polar surface area (TPSA) is 49.4 Å². The Balaban J connectivity index is 1.98. The fourth-order valence-corrected chi connectivity index (χ4v) is 2.61. The molecule has 2 amide bonds. The van der Waals surface area contributed by atoms with Gasteiger partial charge in [0.15, 0.2) is 0 Å². The molecule has 0 fully saturated rings. The van der Waals surface area contributed by atoms with E-state index in [1.54, 1.807) is 4.90 Å². The number of anilines is 2. The Labute approximate surface area is 151 Å². The Bertz CT molecular complexity index is 742. The second-order valence-electron chi connectivity index (χ2n) is 5.74. The van der Waals surface area contributed by atoms with Gasteiger partial charge in [0.1, 0.15) is 0 Å². The van der Waals surface area contributed by atoms with Gasteiger partial charge in [-0.15, -0.1) is 0 Å². The van der Waals surface area contributed by atoms with Gasteiger partial charge in [0.25, 0.3) is 0 Å². The van der Waals surface area contributed by atoms with E-state index in [2.05, 4.69) is 21.2 Å². The number of nitrogens with one attached hydrogen (secondary N) is 1. The van der Waals surface area contributed by atoms with Crippen molar-refractivity contribution in [1.29, 1.82) is 0 Å². The molecule has 0 heterocycles. The first kappa shape index (κ1) is 18.2. The number of carbonyl (C=O) groups excluding carboxylic acids is 2. The Kier molecular flexibility index (Phi) is 6.15. The second-order valence-corrected chi connectivity index (χ2v) is 6.66. The van der Waals surface area contributed by atoms with Gasteiger partial charge in [0, 0.05) is 35.7 Å². The number of benzene rings is 2. The zero-order valence-electron chi connectivity index (χ0n) is 14.1. The number of amides is 2. The highest BCUT2D eigenvalue weighted by atomic mass is 79.9. The molecule has 0 atom stereocenters. The molecule has 0 saturated carbocycles. The van der Waals surface area contributed by atoms with Crippen LogP contribution in [0.4, 0.5) is 11.4 Å². The van der Waals surface area contributed by atoms with E-state index < -0.39 is 0 Å². The van der Waals surface area contributed by atoms with Crippen LogP contribution in [0.25, 0.3) is 0 Å². The van der Waals surface area contributed by atoms with Crippen molar-refractivity contribution in [2.24, 2.45) is 0 Å². The van der Waals surface area contributed by atoms with Gasteiger partial charge in [-0.2, -0.15) is 0 Å². The highest BCUT2D eigenvalue weighted by molar-refractivity contribution is 9.10. The number of aryl methyl sites for hydroxylation is 2. The molecule has 24 heavy (non-hydrogen) atoms. The van der Waals surface area contributed by atoms with Crippen LogP contribution in [-0.4, -0.2) is 18.4 Å². The van der Waals surface area contributed by atoms with Crippen LogP contribution in [-0.2, 0) is 9.59 Å². The van der Waals surface area contributed by atoms with Gasteiger partial charge in [0.05, 0.1) is 0 Å². The Morgan fingerprint density at radius 3 is 2.29 bits per heavy atom. The first-order chi connectivity index (χ1) is 11.4. The summed E-state index contributed by atoms with van der Waals surface area (Å²) < 4.78 is 0.947. The minimum atomic E-state index is -0.110. The van der Waals surface area contributed by atoms with Gasteiger partial charge in [-0.1, -0.05) is 22.0 Å². The molecular weight excluding hydrogens is 368 g/mol. The molecular formula is C19H21BrN2O2. The predicted octanol–water partition coefficient (Wildman–Crippen LogP) is 4.45. The van der Waals surface area contributed by atoms with Gasteiger partial charge < -0.3 is 10.2 Å². The standard InChI is InChI=1S/C19H21BrN2O2/c1-13-4-7-17(12-14(13)2)21-19(24)10-11-22(15(3)23)18-8-5-16(20)6-9-18/h4-9,12H,10-11H2,1-3H3,(H,21,24). The van der Waals surface area contributed by atoms with Crippen molar-refractivity contribution in [3.05, 3.63) is 58.1 Å². The van der Waals surface area contributed by atoms with Gasteiger partial charge >= 0.3 is 0 Å². The van der Waals surface area contributed by atoms with Gasteiger partial charge in [0.2, 0.25) is 11.8 Å². The molecule has 5 heteroatoms. The summed E-state index contributed by atoms with van der Waals surface area (Å²) in [6.45, 7) is 5.89. The number of carbonyl (C=O) groups is 2. The van der Waals surface area contributed by atoms with E-state index in [4.69, 9.17) is 0 Å². The SMILES string of the molecule is CC(=O)N(CCC(=O)Nc1ccc(C)c(C)c1)c1ccc(Br)cc1. The Morgan fingerprint density at radius 1 is 1.04 bits per heavy atom. The van der Waals surface area contributed by atoms with Crippen molar-refractivity contribution >= 4 is 39.1 Å². The summed E-state index contributed by atoms with van der Waals surface area (Å²) >= 11 is 3.37. The van der Waals surface area contributed by atoms with E-state index in [-0.39, 0.29) is 18.2 Å². The molecule has 1 N–H and O–H groups in total. The molecule has 0 bridgehead atoms. The molecule has 0 aromatic heterocycles. The lowest BCUT2D eigenvalue weighted by molar-refractivity contribution is -0.117. The largest absolute Gasteiger partial charge is 0.326 e. The summed E-state index contributed by atoms with van der Waals surface area (Å²) in [4.78, 5) is 25.6. The molecule has 0 radical (unpaired) electrons. The molecule has 2 aromatic rings. The lowest BCUT2D eigenvalue weighted by Gasteiger charge is -2.21. The molecule has 0 aliphatic heterocycles. The molecule has 4 nitrogen and oxygen atoms in total. The summed E-state index contributed by atoms with van der Waals surface area (Å²) in [5.41, 5.74) is 3.88. The van der Waals surface area contributed by atoms with Gasteiger partial charge in [-0.05, 0) is 61.4 Å². The van der Waals surface area contributed by atoms with Crippen molar-refractivity contribution in [3.63, 3.8) is 0 Å². The van der Waals surface area contributed by atoms with Crippen LogP contribution in [0.1, 0.15) is 24.5 Å². The first-order valence-corrected chi connectivity index (χ1v) is 8.57. The van der Waals surface area contributed by atoms with E-state index in [0.717, 1.165) is 21.4 Å². The van der Waals surface area contributed by atoms with Gasteiger partial charge in [-0.25, -0.2) is 0 Å². The smallest absolute Gasteiger partial charge is 0.226 e. The minimum absolute atomic E-state index is 0.0868. The fourth-order valence-electron chi connectivity index (χ4n) is 2.35. The number of nitrogens with zero attached hydrogens (tertiary/aromatic N) is 1. The first-order valence-electron chi connectivity index (χ1n) is 7.77. The number of hydrogen-bond donors (Lipinski definition) is 1. The number of hydrogen-bond acceptors (Lipinski definition) is 2. The zero-order valence-corrected chi connectivity index (χ0v) is 15.7. The second kappa shape index (κ2) is 8.11. The summed E-state index contributed by atoms with van der Waals surface area (Å²) in [5.74, 6) is -0.196. The van der Waals surface area contributed by atoms with Crippen molar-refractivity contribution < 1.29 is 9.59 Å². The lowest BCUT2D eigenvalue weighted by atomic mass is 10.1. The van der Waals surface area contributed by atoms with Crippen molar-refractivity contribution in [2.45, 2.75) is 27.2 Å². The quantitative estimate of drug-likeness (QED) is 0.822. The van der Waals surface area contributed by atoms with Crippen LogP contribution in [0.3, 0.4) is 0 Å². The number of rotatable bonds is 5. The highest BCUT2D eigenvalue weighted by Crippen LogP contribution is 2.19. The number of halogens is 1. The summed E-state index contributed by atoms with van der Waals surface area (Å²) in [6.07, 6.45) is 0.239. The zero-order chi connectivity index (χ0) is 17.7. The van der Waals surface area contributed by atoms with Crippen LogP contribution in [0.15, 0.2) is 46.9 Å². The van der Waals surface area contributed by atoms with E-state index in [9.17, 15) is 9.59 Å². The molecule has 0 unspecified atom stereocenters. The van der Waals surface area contributed by atoms with Crippen LogP contribution in [0.5, 0.6) is 0 Å². The van der Waals surface area contributed by atoms with Crippen LogP contribution >= 0.6 is 15.9 Å². The average Bonchev–Trinajstić information content (AvgIpc) is 2.52.